The van der Waals surface area contributed by atoms with Gasteiger partial charge in [-0.2, -0.15) is 0 Å². The second-order valence-electron chi connectivity index (χ2n) is 12.2. The highest BCUT2D eigenvalue weighted by atomic mass is 16.5. The molecule has 0 bridgehead atoms. The first-order valence-corrected chi connectivity index (χ1v) is 14.0. The molecular formula is C36H40N2O2. The van der Waals surface area contributed by atoms with Crippen molar-refractivity contribution in [2.24, 2.45) is 22.7 Å². The third-order valence-corrected chi connectivity index (χ3v) is 8.05. The summed E-state index contributed by atoms with van der Waals surface area (Å²) in [6.07, 6.45) is 15.1. The fraction of sp³-hybridized carbons (Fsp3) is 0.278. The van der Waals surface area contributed by atoms with Crippen molar-refractivity contribution in [3.8, 4) is 11.5 Å². The molecule has 5 rings (SSSR count). The molecular weight excluding hydrogens is 492 g/mol. The third kappa shape index (κ3) is 6.69. The van der Waals surface area contributed by atoms with Crippen LogP contribution in [-0.4, -0.2) is 0 Å². The summed E-state index contributed by atoms with van der Waals surface area (Å²) in [6, 6.07) is 24.2. The molecule has 0 fully saturated rings. The zero-order valence-electron chi connectivity index (χ0n) is 23.9. The average molecular weight is 533 g/mol. The van der Waals surface area contributed by atoms with Gasteiger partial charge in [-0.05, 0) is 95.2 Å². The molecule has 0 heterocycles. The summed E-state index contributed by atoms with van der Waals surface area (Å²) in [7, 11) is 0. The molecule has 4 N–H and O–H groups in total. The second-order valence-corrected chi connectivity index (χ2v) is 12.2. The molecule has 2 atom stereocenters. The fourth-order valence-corrected chi connectivity index (χ4v) is 5.50. The van der Waals surface area contributed by atoms with E-state index in [9.17, 15) is 0 Å². The quantitative estimate of drug-likeness (QED) is 0.286. The number of allylic oxidation sites excluding steroid dienone is 6. The molecule has 0 saturated heterocycles. The molecule has 0 saturated carbocycles. The second kappa shape index (κ2) is 11.1. The molecule has 2 aliphatic carbocycles. The van der Waals surface area contributed by atoms with Crippen LogP contribution >= 0.6 is 0 Å². The highest BCUT2D eigenvalue weighted by molar-refractivity contribution is 5.46. The first-order valence-electron chi connectivity index (χ1n) is 14.0. The van der Waals surface area contributed by atoms with Crippen molar-refractivity contribution in [1.82, 2.24) is 0 Å². The zero-order valence-corrected chi connectivity index (χ0v) is 23.9. The number of nitrogens with two attached hydrogens (primary N) is 2. The van der Waals surface area contributed by atoms with Crippen molar-refractivity contribution in [3.63, 3.8) is 0 Å². The van der Waals surface area contributed by atoms with Crippen LogP contribution in [0, 0.1) is 22.7 Å². The number of nitrogen functional groups attached to an aromatic ring is 2. The van der Waals surface area contributed by atoms with Gasteiger partial charge >= 0.3 is 0 Å². The van der Waals surface area contributed by atoms with Crippen molar-refractivity contribution >= 4 is 11.4 Å². The third-order valence-electron chi connectivity index (χ3n) is 8.05. The number of anilines is 2. The molecule has 0 aromatic heterocycles. The predicted molar refractivity (Wildman–Crippen MR) is 166 cm³/mol. The summed E-state index contributed by atoms with van der Waals surface area (Å²) in [6.45, 7) is 9.09. The van der Waals surface area contributed by atoms with Gasteiger partial charge in [0.2, 0.25) is 0 Å². The maximum Gasteiger partial charge on any atom is 0.129 e. The minimum Gasteiger partial charge on any atom is -0.458 e. The molecule has 4 nitrogen and oxygen atoms in total. The topological polar surface area (TPSA) is 70.5 Å². The van der Waals surface area contributed by atoms with Crippen LogP contribution in [0.2, 0.25) is 0 Å². The summed E-state index contributed by atoms with van der Waals surface area (Å²) in [4.78, 5) is 0. The Kier molecular flexibility index (Phi) is 7.62. The molecule has 4 heteroatoms. The summed E-state index contributed by atoms with van der Waals surface area (Å²) < 4.78 is 12.2. The number of rotatable bonds is 8. The molecule has 40 heavy (non-hydrogen) atoms. The lowest BCUT2D eigenvalue weighted by Crippen LogP contribution is -2.26. The summed E-state index contributed by atoms with van der Waals surface area (Å²) in [5, 5.41) is 0. The van der Waals surface area contributed by atoms with Crippen molar-refractivity contribution < 1.29 is 9.47 Å². The highest BCUT2D eigenvalue weighted by Crippen LogP contribution is 2.39. The van der Waals surface area contributed by atoms with Crippen molar-refractivity contribution in [2.45, 2.75) is 40.5 Å². The highest BCUT2D eigenvalue weighted by Gasteiger charge is 2.31. The van der Waals surface area contributed by atoms with Gasteiger partial charge in [-0.15, -0.1) is 0 Å². The van der Waals surface area contributed by atoms with Crippen LogP contribution in [0.4, 0.5) is 11.4 Å². The Balaban J connectivity index is 1.18. The van der Waals surface area contributed by atoms with Crippen LogP contribution in [0.25, 0.3) is 0 Å². The molecule has 3 aromatic carbocycles. The van der Waals surface area contributed by atoms with Crippen LogP contribution in [0.3, 0.4) is 0 Å². The van der Waals surface area contributed by atoms with Gasteiger partial charge in [0.25, 0.3) is 0 Å². The van der Waals surface area contributed by atoms with E-state index in [2.05, 4.69) is 88.4 Å². The fourth-order valence-electron chi connectivity index (χ4n) is 5.50. The molecule has 0 radical (unpaired) electrons. The largest absolute Gasteiger partial charge is 0.458 e. The Labute approximate surface area is 238 Å². The SMILES string of the molecule is CC1(C)C=C(Oc2cccc(N)c2)C=CC1Cc1ccc(CC2C=CC(Oc3cccc(N)c3)=CC2(C)C)cc1. The summed E-state index contributed by atoms with van der Waals surface area (Å²) in [5.74, 6) is 4.02. The zero-order chi connectivity index (χ0) is 28.3. The molecule has 0 aliphatic heterocycles. The van der Waals surface area contributed by atoms with E-state index in [0.29, 0.717) is 23.2 Å². The Morgan fingerprint density at radius 2 is 1.00 bits per heavy atom. The lowest BCUT2D eigenvalue weighted by Gasteiger charge is -2.33. The molecule has 0 amide bonds. The minimum absolute atomic E-state index is 0.0302. The number of hydrogen-bond donors (Lipinski definition) is 2. The minimum atomic E-state index is -0.0302. The van der Waals surface area contributed by atoms with Crippen LogP contribution in [-0.2, 0) is 12.8 Å². The summed E-state index contributed by atoms with van der Waals surface area (Å²) >= 11 is 0. The average Bonchev–Trinajstić information content (AvgIpc) is 2.88. The Morgan fingerprint density at radius 1 is 0.600 bits per heavy atom. The van der Waals surface area contributed by atoms with Crippen LogP contribution in [0.5, 0.6) is 11.5 Å². The predicted octanol–water partition coefficient (Wildman–Crippen LogP) is 8.29. The Morgan fingerprint density at radius 3 is 1.35 bits per heavy atom. The smallest absolute Gasteiger partial charge is 0.129 e. The van der Waals surface area contributed by atoms with Crippen LogP contribution in [0.1, 0.15) is 38.8 Å². The Hall–Kier alpha value is -4.18. The van der Waals surface area contributed by atoms with Crippen LogP contribution in [0.15, 0.2) is 121 Å². The monoisotopic (exact) mass is 532 g/mol. The standard InChI is InChI=1S/C36H40N2O2/c1-35(2)23-33(39-31-9-5-7-29(37)21-31)17-15-27(35)19-25-11-13-26(14-12-25)20-28-16-18-34(24-36(28,3)4)40-32-10-6-8-30(38)22-32/h5-18,21-24,27-28H,19-20,37-38H2,1-4H3. The maximum absolute atomic E-state index is 6.09. The first kappa shape index (κ1) is 27.4. The van der Waals surface area contributed by atoms with Gasteiger partial charge in [-0.1, -0.05) is 76.2 Å². The van der Waals surface area contributed by atoms with E-state index in [4.69, 9.17) is 20.9 Å². The van der Waals surface area contributed by atoms with Crippen molar-refractivity contribution in [3.05, 3.63) is 132 Å². The number of hydrogen-bond acceptors (Lipinski definition) is 4. The lowest BCUT2D eigenvalue weighted by molar-refractivity contribution is 0.312. The van der Waals surface area contributed by atoms with E-state index >= 15 is 0 Å². The van der Waals surface area contributed by atoms with E-state index in [1.54, 1.807) is 0 Å². The Bertz CT molecular complexity index is 1360. The normalized spacial score (nSPS) is 20.9. The van der Waals surface area contributed by atoms with Gasteiger partial charge in [0.1, 0.15) is 23.0 Å². The van der Waals surface area contributed by atoms with Gasteiger partial charge in [0.05, 0.1) is 0 Å². The van der Waals surface area contributed by atoms with Gasteiger partial charge in [-0.25, -0.2) is 0 Å². The van der Waals surface area contributed by atoms with Gasteiger partial charge in [0.15, 0.2) is 0 Å². The maximum atomic E-state index is 6.09. The summed E-state index contributed by atoms with van der Waals surface area (Å²) in [5.41, 5.74) is 15.8. The lowest BCUT2D eigenvalue weighted by atomic mass is 9.72. The van der Waals surface area contributed by atoms with Crippen LogP contribution < -0.4 is 20.9 Å². The van der Waals surface area contributed by atoms with E-state index in [-0.39, 0.29) is 10.8 Å². The molecule has 206 valence electrons. The molecule has 2 unspecified atom stereocenters. The van der Waals surface area contributed by atoms with Gasteiger partial charge in [0, 0.05) is 23.5 Å². The molecule has 0 spiro atoms. The molecule has 2 aliphatic rings. The number of ether oxygens (including phenoxy) is 2. The number of benzene rings is 3. The van der Waals surface area contributed by atoms with E-state index in [0.717, 1.165) is 35.9 Å². The van der Waals surface area contributed by atoms with E-state index < -0.39 is 0 Å². The molecule has 3 aromatic rings. The van der Waals surface area contributed by atoms with Crippen molar-refractivity contribution in [2.75, 3.05) is 11.5 Å². The first-order chi connectivity index (χ1) is 19.1. The van der Waals surface area contributed by atoms with E-state index in [1.807, 2.05) is 48.5 Å². The van der Waals surface area contributed by atoms with Gasteiger partial charge in [-0.3, -0.25) is 0 Å². The van der Waals surface area contributed by atoms with Gasteiger partial charge < -0.3 is 20.9 Å². The van der Waals surface area contributed by atoms with Crippen molar-refractivity contribution in [1.29, 1.82) is 0 Å². The van der Waals surface area contributed by atoms with E-state index in [1.165, 1.54) is 11.1 Å².